The van der Waals surface area contributed by atoms with Gasteiger partial charge in [0.15, 0.2) is 5.78 Å². The first kappa shape index (κ1) is 11.4. The van der Waals surface area contributed by atoms with Crippen molar-refractivity contribution in [3.05, 3.63) is 11.6 Å². The van der Waals surface area contributed by atoms with Crippen LogP contribution >= 0.6 is 0 Å². The van der Waals surface area contributed by atoms with E-state index in [-0.39, 0.29) is 11.2 Å². The number of carbonyl (C=O) groups is 1. The van der Waals surface area contributed by atoms with Crippen molar-refractivity contribution in [2.45, 2.75) is 41.5 Å². The highest BCUT2D eigenvalue weighted by molar-refractivity contribution is 5.92. The van der Waals surface area contributed by atoms with Gasteiger partial charge in [-0.05, 0) is 30.8 Å². The van der Waals surface area contributed by atoms with Crippen LogP contribution in [0.3, 0.4) is 0 Å². The fourth-order valence-electron chi connectivity index (χ4n) is 0.742. The minimum atomic E-state index is 0.172. The molecule has 1 atom stereocenters. The molecule has 1 heteroatoms. The molecular weight excluding hydrogens is 148 g/mol. The standard InChI is InChI=1S/C11H20O/c1-8(10(3)12)7-9(2)11(4,5)6/h7,9H,1-6H3/b8-7-. The van der Waals surface area contributed by atoms with Gasteiger partial charge in [0.2, 0.25) is 0 Å². The van der Waals surface area contributed by atoms with E-state index in [1.807, 2.05) is 6.92 Å². The van der Waals surface area contributed by atoms with E-state index < -0.39 is 0 Å². The third-order valence-corrected chi connectivity index (χ3v) is 2.42. The maximum Gasteiger partial charge on any atom is 0.155 e. The molecule has 0 saturated carbocycles. The zero-order chi connectivity index (χ0) is 9.94. The number of carbonyl (C=O) groups excluding carboxylic acids is 1. The van der Waals surface area contributed by atoms with Crippen molar-refractivity contribution in [2.75, 3.05) is 0 Å². The van der Waals surface area contributed by atoms with Crippen molar-refractivity contribution < 1.29 is 4.79 Å². The Labute approximate surface area is 75.9 Å². The largest absolute Gasteiger partial charge is 0.295 e. The minimum Gasteiger partial charge on any atom is -0.295 e. The lowest BCUT2D eigenvalue weighted by Gasteiger charge is -2.24. The third-order valence-electron chi connectivity index (χ3n) is 2.42. The molecule has 0 aliphatic heterocycles. The third kappa shape index (κ3) is 3.70. The molecule has 12 heavy (non-hydrogen) atoms. The van der Waals surface area contributed by atoms with Gasteiger partial charge in [-0.25, -0.2) is 0 Å². The molecule has 0 fully saturated rings. The van der Waals surface area contributed by atoms with Crippen LogP contribution in [0.4, 0.5) is 0 Å². The molecule has 0 aromatic carbocycles. The molecule has 1 unspecified atom stereocenters. The lowest BCUT2D eigenvalue weighted by molar-refractivity contribution is -0.113. The molecule has 0 aliphatic rings. The van der Waals surface area contributed by atoms with Gasteiger partial charge in [0.25, 0.3) is 0 Å². The fraction of sp³-hybridized carbons (Fsp3) is 0.727. The van der Waals surface area contributed by atoms with E-state index in [1.165, 1.54) is 0 Å². The number of hydrogen-bond acceptors (Lipinski definition) is 1. The molecule has 0 saturated heterocycles. The predicted molar refractivity (Wildman–Crippen MR) is 53.1 cm³/mol. The number of Topliss-reactive ketones (excluding diaryl/α,β-unsaturated/α-hetero) is 1. The van der Waals surface area contributed by atoms with E-state index in [9.17, 15) is 4.79 Å². The summed E-state index contributed by atoms with van der Waals surface area (Å²) in [6.07, 6.45) is 2.06. The molecule has 0 bridgehead atoms. The van der Waals surface area contributed by atoms with E-state index in [2.05, 4.69) is 33.8 Å². The molecule has 0 aromatic heterocycles. The van der Waals surface area contributed by atoms with Crippen LogP contribution in [0.25, 0.3) is 0 Å². The quantitative estimate of drug-likeness (QED) is 0.579. The fourth-order valence-corrected chi connectivity index (χ4v) is 0.742. The highest BCUT2D eigenvalue weighted by Gasteiger charge is 2.18. The molecule has 0 spiro atoms. The second-order valence-electron chi connectivity index (χ2n) is 4.56. The summed E-state index contributed by atoms with van der Waals surface area (Å²) in [6.45, 7) is 12.2. The summed E-state index contributed by atoms with van der Waals surface area (Å²) in [5.74, 6) is 0.618. The lowest BCUT2D eigenvalue weighted by Crippen LogP contribution is -2.15. The summed E-state index contributed by atoms with van der Waals surface area (Å²) in [6, 6.07) is 0. The Morgan fingerprint density at radius 1 is 1.25 bits per heavy atom. The van der Waals surface area contributed by atoms with Crippen LogP contribution in [0, 0.1) is 11.3 Å². The first-order chi connectivity index (χ1) is 5.25. The minimum absolute atomic E-state index is 0.172. The van der Waals surface area contributed by atoms with Crippen LogP contribution in [0.15, 0.2) is 11.6 Å². The van der Waals surface area contributed by atoms with E-state index in [0.717, 1.165) is 5.57 Å². The van der Waals surface area contributed by atoms with Crippen LogP contribution in [-0.4, -0.2) is 5.78 Å². The zero-order valence-electron chi connectivity index (χ0n) is 9.06. The molecule has 1 nitrogen and oxygen atoms in total. The van der Waals surface area contributed by atoms with Crippen molar-refractivity contribution in [1.29, 1.82) is 0 Å². The Balaban J connectivity index is 4.44. The first-order valence-corrected chi connectivity index (χ1v) is 4.44. The molecule has 0 rings (SSSR count). The molecule has 0 aliphatic carbocycles. The normalized spacial score (nSPS) is 16.0. The van der Waals surface area contributed by atoms with Crippen molar-refractivity contribution in [2.24, 2.45) is 11.3 Å². The molecule has 0 amide bonds. The highest BCUT2D eigenvalue weighted by Crippen LogP contribution is 2.27. The summed E-state index contributed by atoms with van der Waals surface area (Å²) in [5.41, 5.74) is 1.12. The average Bonchev–Trinajstić information content (AvgIpc) is 1.85. The Morgan fingerprint density at radius 3 is 1.92 bits per heavy atom. The van der Waals surface area contributed by atoms with Crippen molar-refractivity contribution in [1.82, 2.24) is 0 Å². The number of hydrogen-bond donors (Lipinski definition) is 0. The monoisotopic (exact) mass is 168 g/mol. The number of allylic oxidation sites excluding steroid dienone is 2. The Bertz CT molecular complexity index is 194. The number of rotatable bonds is 2. The maximum absolute atomic E-state index is 10.9. The molecule has 0 N–H and O–H groups in total. The number of ketones is 1. The van der Waals surface area contributed by atoms with Gasteiger partial charge in [-0.2, -0.15) is 0 Å². The Morgan fingerprint density at radius 2 is 1.67 bits per heavy atom. The van der Waals surface area contributed by atoms with Crippen LogP contribution < -0.4 is 0 Å². The van der Waals surface area contributed by atoms with Crippen molar-refractivity contribution in [3.63, 3.8) is 0 Å². The smallest absolute Gasteiger partial charge is 0.155 e. The van der Waals surface area contributed by atoms with Gasteiger partial charge in [0, 0.05) is 0 Å². The molecular formula is C11H20O. The summed E-state index contributed by atoms with van der Waals surface area (Å²) < 4.78 is 0. The van der Waals surface area contributed by atoms with Crippen molar-refractivity contribution >= 4 is 5.78 Å². The molecule has 0 heterocycles. The van der Waals surface area contributed by atoms with Gasteiger partial charge >= 0.3 is 0 Å². The summed E-state index contributed by atoms with van der Waals surface area (Å²) in [5, 5.41) is 0. The molecule has 0 aromatic rings. The van der Waals surface area contributed by atoms with Crippen LogP contribution in [0.5, 0.6) is 0 Å². The Hall–Kier alpha value is -0.590. The van der Waals surface area contributed by atoms with E-state index >= 15 is 0 Å². The highest BCUT2D eigenvalue weighted by atomic mass is 16.1. The van der Waals surface area contributed by atoms with Crippen LogP contribution in [-0.2, 0) is 4.79 Å². The van der Waals surface area contributed by atoms with Gasteiger partial charge in [-0.1, -0.05) is 33.8 Å². The summed E-state index contributed by atoms with van der Waals surface area (Å²) in [7, 11) is 0. The Kier molecular flexibility index (Phi) is 3.69. The second kappa shape index (κ2) is 3.88. The first-order valence-electron chi connectivity index (χ1n) is 4.44. The van der Waals surface area contributed by atoms with Gasteiger partial charge in [-0.3, -0.25) is 4.79 Å². The average molecular weight is 168 g/mol. The van der Waals surface area contributed by atoms with E-state index in [4.69, 9.17) is 0 Å². The van der Waals surface area contributed by atoms with Crippen LogP contribution in [0.1, 0.15) is 41.5 Å². The van der Waals surface area contributed by atoms with Crippen LogP contribution in [0.2, 0.25) is 0 Å². The van der Waals surface area contributed by atoms with E-state index in [0.29, 0.717) is 5.92 Å². The van der Waals surface area contributed by atoms with Gasteiger partial charge in [0.05, 0.1) is 0 Å². The summed E-state index contributed by atoms with van der Waals surface area (Å²) >= 11 is 0. The van der Waals surface area contributed by atoms with Gasteiger partial charge < -0.3 is 0 Å². The van der Waals surface area contributed by atoms with Gasteiger partial charge in [-0.15, -0.1) is 0 Å². The lowest BCUT2D eigenvalue weighted by atomic mass is 9.81. The summed E-state index contributed by atoms with van der Waals surface area (Å²) in [4.78, 5) is 10.9. The second-order valence-corrected chi connectivity index (χ2v) is 4.56. The molecule has 0 radical (unpaired) electrons. The molecule has 70 valence electrons. The topological polar surface area (TPSA) is 17.1 Å². The zero-order valence-corrected chi connectivity index (χ0v) is 9.06. The van der Waals surface area contributed by atoms with Crippen molar-refractivity contribution in [3.8, 4) is 0 Å². The maximum atomic E-state index is 10.9. The SMILES string of the molecule is CC(=O)/C(C)=C\C(C)C(C)(C)C. The predicted octanol–water partition coefficient (Wildman–Crippen LogP) is 3.20. The van der Waals surface area contributed by atoms with Gasteiger partial charge in [0.1, 0.15) is 0 Å². The van der Waals surface area contributed by atoms with E-state index in [1.54, 1.807) is 6.92 Å².